The van der Waals surface area contributed by atoms with Crippen molar-refractivity contribution in [2.45, 2.75) is 122 Å². The van der Waals surface area contributed by atoms with Crippen molar-refractivity contribution in [3.63, 3.8) is 0 Å². The predicted molar refractivity (Wildman–Crippen MR) is 108 cm³/mol. The van der Waals surface area contributed by atoms with Crippen LogP contribution in [0.3, 0.4) is 0 Å². The molecule has 0 amide bonds. The van der Waals surface area contributed by atoms with E-state index in [1.165, 1.54) is 52.9 Å². The van der Waals surface area contributed by atoms with E-state index in [0.717, 1.165) is 6.42 Å². The average Bonchev–Trinajstić information content (AvgIpc) is 2.73. The van der Waals surface area contributed by atoms with Gasteiger partial charge in [0.05, 0.1) is 30.7 Å². The van der Waals surface area contributed by atoms with Gasteiger partial charge in [-0.1, -0.05) is 33.1 Å². The van der Waals surface area contributed by atoms with E-state index in [2.05, 4.69) is 18.6 Å². The lowest BCUT2D eigenvalue weighted by Gasteiger charge is -2.33. The first-order valence-corrected chi connectivity index (χ1v) is 11.3. The van der Waals surface area contributed by atoms with Crippen molar-refractivity contribution < 1.29 is 53.8 Å². The Balaban J connectivity index is 0.000000818. The Labute approximate surface area is 194 Å². The second-order valence-corrected chi connectivity index (χ2v) is 9.09. The molecule has 12 heteroatoms. The van der Waals surface area contributed by atoms with Gasteiger partial charge in [0.15, 0.2) is 0 Å². The lowest BCUT2D eigenvalue weighted by molar-refractivity contribution is -0.397. The van der Waals surface area contributed by atoms with Gasteiger partial charge >= 0.3 is 29.9 Å². The molecular weight excluding hydrogens is 483 g/mol. The summed E-state index contributed by atoms with van der Waals surface area (Å²) >= 11 is 0. The van der Waals surface area contributed by atoms with Crippen LogP contribution in [0.4, 0.5) is 39.5 Å². The first-order valence-electron chi connectivity index (χ1n) is 11.3. The first kappa shape index (κ1) is 32.8. The number of alkyl halides is 9. The third kappa shape index (κ3) is 8.78. The van der Waals surface area contributed by atoms with Crippen LogP contribution in [0.5, 0.6) is 0 Å². The highest BCUT2D eigenvalue weighted by molar-refractivity contribution is 5.75. The normalized spacial score (nSPS) is 17.6. The van der Waals surface area contributed by atoms with E-state index in [9.17, 15) is 44.3 Å². The summed E-state index contributed by atoms with van der Waals surface area (Å²) in [4.78, 5) is 11.4. The highest BCUT2D eigenvalue weighted by atomic mass is 19.4. The topological polar surface area (TPSA) is 35.5 Å². The predicted octanol–water partition coefficient (Wildman–Crippen LogP) is 7.96. The molecule has 1 unspecified atom stereocenters. The zero-order chi connectivity index (χ0) is 27.0. The van der Waals surface area contributed by atoms with Crippen molar-refractivity contribution in [3.05, 3.63) is 0 Å². The second kappa shape index (κ2) is 12.7. The largest absolute Gasteiger partial charge is 0.465 e. The van der Waals surface area contributed by atoms with Gasteiger partial charge in [0, 0.05) is 0 Å². The fraction of sp³-hybridized carbons (Fsp3) is 0.955. The molecule has 0 aliphatic heterocycles. The molecule has 1 fully saturated rings. The standard InChI is InChI=1S/C12H15F9O2.C10H20O/c1-4-8(2,3)7(22)23-6-5-9(13,14)10(15,16)11(17,18)12(19,20)21;1-3-9(2)11-10-7-5-4-6-8-10/h4-6H2,1-3H3;9-10H,3-8H2,1-2H3. The molecule has 1 atom stereocenters. The van der Waals surface area contributed by atoms with E-state index < -0.39 is 48.4 Å². The third-order valence-electron chi connectivity index (χ3n) is 5.85. The van der Waals surface area contributed by atoms with Gasteiger partial charge in [-0.2, -0.15) is 39.5 Å². The Kier molecular flexibility index (Phi) is 12.2. The van der Waals surface area contributed by atoms with Crippen LogP contribution in [-0.2, 0) is 14.3 Å². The summed E-state index contributed by atoms with van der Waals surface area (Å²) < 4.78 is 123. The van der Waals surface area contributed by atoms with Crippen LogP contribution in [0.2, 0.25) is 0 Å². The van der Waals surface area contributed by atoms with E-state index in [4.69, 9.17) is 4.74 Å². The number of carbonyl (C=O) groups excluding carboxylic acids is 1. The van der Waals surface area contributed by atoms with Crippen molar-refractivity contribution in [2.24, 2.45) is 5.41 Å². The van der Waals surface area contributed by atoms with Gasteiger partial charge in [0.1, 0.15) is 0 Å². The summed E-state index contributed by atoms with van der Waals surface area (Å²) in [7, 11) is 0. The highest BCUT2D eigenvalue weighted by Gasteiger charge is 2.81. The Bertz CT molecular complexity index is 613. The summed E-state index contributed by atoms with van der Waals surface area (Å²) in [6.45, 7) is 7.16. The van der Waals surface area contributed by atoms with Crippen molar-refractivity contribution in [1.82, 2.24) is 0 Å². The van der Waals surface area contributed by atoms with E-state index >= 15 is 0 Å². The molecule has 0 bridgehead atoms. The zero-order valence-electron chi connectivity index (χ0n) is 20.1. The van der Waals surface area contributed by atoms with Gasteiger partial charge in [-0.25, -0.2) is 0 Å². The Morgan fingerprint density at radius 2 is 1.38 bits per heavy atom. The molecule has 1 aliphatic carbocycles. The highest BCUT2D eigenvalue weighted by Crippen LogP contribution is 2.54. The number of ether oxygens (including phenoxy) is 2. The van der Waals surface area contributed by atoms with Crippen molar-refractivity contribution >= 4 is 5.97 Å². The molecule has 3 nitrogen and oxygen atoms in total. The van der Waals surface area contributed by atoms with E-state index in [-0.39, 0.29) is 6.42 Å². The van der Waals surface area contributed by atoms with E-state index in [1.54, 1.807) is 0 Å². The Morgan fingerprint density at radius 1 is 0.882 bits per heavy atom. The molecule has 1 saturated carbocycles. The fourth-order valence-corrected chi connectivity index (χ4v) is 2.80. The molecule has 34 heavy (non-hydrogen) atoms. The van der Waals surface area contributed by atoms with Crippen LogP contribution < -0.4 is 0 Å². The first-order chi connectivity index (χ1) is 15.3. The number of halogens is 9. The van der Waals surface area contributed by atoms with E-state index in [0.29, 0.717) is 12.2 Å². The maximum Gasteiger partial charge on any atom is 0.460 e. The van der Waals surface area contributed by atoms with Crippen LogP contribution in [0, 0.1) is 5.41 Å². The molecule has 0 heterocycles. The molecule has 0 aromatic rings. The van der Waals surface area contributed by atoms with E-state index in [1.807, 2.05) is 0 Å². The molecule has 1 rings (SSSR count). The molecule has 0 radical (unpaired) electrons. The van der Waals surface area contributed by atoms with Gasteiger partial charge in [-0.15, -0.1) is 0 Å². The number of carbonyl (C=O) groups is 1. The lowest BCUT2D eigenvalue weighted by atomic mass is 9.91. The molecule has 204 valence electrons. The van der Waals surface area contributed by atoms with Crippen LogP contribution in [0.25, 0.3) is 0 Å². The molecule has 0 spiro atoms. The molecule has 0 aromatic heterocycles. The van der Waals surface area contributed by atoms with Gasteiger partial charge in [0.2, 0.25) is 0 Å². The second-order valence-electron chi connectivity index (χ2n) is 9.09. The maximum absolute atomic E-state index is 13.1. The van der Waals surface area contributed by atoms with Gasteiger partial charge in [-0.05, 0) is 46.5 Å². The quantitative estimate of drug-likeness (QED) is 0.217. The minimum Gasteiger partial charge on any atom is -0.465 e. The van der Waals surface area contributed by atoms with Gasteiger partial charge < -0.3 is 9.47 Å². The Hall–Kier alpha value is -1.20. The molecular formula is C22H35F9O3. The minimum absolute atomic E-state index is 0.199. The Morgan fingerprint density at radius 3 is 1.79 bits per heavy atom. The fourth-order valence-electron chi connectivity index (χ4n) is 2.80. The van der Waals surface area contributed by atoms with Crippen molar-refractivity contribution in [2.75, 3.05) is 6.61 Å². The SMILES string of the molecule is CCC(C)(C)C(=O)OCCC(F)(F)C(F)(F)C(F)(F)C(F)(F)F.CCC(C)OC1CCCCC1. The van der Waals surface area contributed by atoms with Gasteiger partial charge in [0.25, 0.3) is 0 Å². The summed E-state index contributed by atoms with van der Waals surface area (Å²) in [6, 6.07) is 0. The van der Waals surface area contributed by atoms with Gasteiger partial charge in [-0.3, -0.25) is 4.79 Å². The summed E-state index contributed by atoms with van der Waals surface area (Å²) in [5.74, 6) is -20.4. The van der Waals surface area contributed by atoms with Crippen LogP contribution in [0.15, 0.2) is 0 Å². The summed E-state index contributed by atoms with van der Waals surface area (Å²) in [6.07, 6.45) is 0.118. The minimum atomic E-state index is -6.93. The lowest BCUT2D eigenvalue weighted by Crippen LogP contribution is -2.61. The smallest absolute Gasteiger partial charge is 0.460 e. The number of hydrogen-bond donors (Lipinski definition) is 0. The average molecular weight is 519 g/mol. The maximum atomic E-state index is 13.1. The van der Waals surface area contributed by atoms with Crippen molar-refractivity contribution in [1.29, 1.82) is 0 Å². The molecule has 0 N–H and O–H groups in total. The summed E-state index contributed by atoms with van der Waals surface area (Å²) in [5, 5.41) is 0. The molecule has 1 aliphatic rings. The summed E-state index contributed by atoms with van der Waals surface area (Å²) in [5.41, 5.74) is -1.15. The van der Waals surface area contributed by atoms with Crippen LogP contribution >= 0.6 is 0 Å². The third-order valence-corrected chi connectivity index (χ3v) is 5.85. The van der Waals surface area contributed by atoms with Crippen LogP contribution in [-0.4, -0.2) is 48.7 Å². The molecule has 0 aromatic carbocycles. The number of esters is 1. The number of hydrogen-bond acceptors (Lipinski definition) is 3. The van der Waals surface area contributed by atoms with Crippen LogP contribution in [0.1, 0.15) is 86.0 Å². The van der Waals surface area contributed by atoms with Crippen molar-refractivity contribution in [3.8, 4) is 0 Å². The monoisotopic (exact) mass is 518 g/mol. The zero-order valence-corrected chi connectivity index (χ0v) is 20.1. The molecule has 0 saturated heterocycles. The number of rotatable bonds is 10.